The minimum Gasteiger partial charge on any atom is -0.454 e. The summed E-state index contributed by atoms with van der Waals surface area (Å²) in [5.74, 6) is 0.950. The molecule has 0 saturated carbocycles. The van der Waals surface area contributed by atoms with Gasteiger partial charge < -0.3 is 9.47 Å². The molecule has 0 spiro atoms. The molecule has 0 radical (unpaired) electrons. The van der Waals surface area contributed by atoms with Crippen LogP contribution in [0.5, 0.6) is 11.5 Å². The van der Waals surface area contributed by atoms with Gasteiger partial charge in [-0.25, -0.2) is 8.42 Å². The zero-order chi connectivity index (χ0) is 11.9. The molecule has 16 heavy (non-hydrogen) atoms. The number of ether oxygens (including phenoxy) is 2. The molecule has 1 aliphatic heterocycles. The standard InChI is InChI=1S/C9H8BrClO4S/c1-5-8(10)6(3-16(11,12)13)2-7-9(5)15-4-14-7/h2H,3-4H2,1H3. The summed E-state index contributed by atoms with van der Waals surface area (Å²) in [5.41, 5.74) is 1.38. The summed E-state index contributed by atoms with van der Waals surface area (Å²) in [5, 5.41) is 0. The zero-order valence-corrected chi connectivity index (χ0v) is 11.4. The Morgan fingerprint density at radius 3 is 2.81 bits per heavy atom. The Morgan fingerprint density at radius 1 is 1.50 bits per heavy atom. The molecule has 1 aliphatic rings. The van der Waals surface area contributed by atoms with E-state index in [2.05, 4.69) is 15.9 Å². The van der Waals surface area contributed by atoms with E-state index in [4.69, 9.17) is 20.2 Å². The van der Waals surface area contributed by atoms with E-state index in [1.165, 1.54) is 0 Å². The number of halogens is 2. The van der Waals surface area contributed by atoms with E-state index < -0.39 is 9.05 Å². The summed E-state index contributed by atoms with van der Waals surface area (Å²) in [6.07, 6.45) is 0. The van der Waals surface area contributed by atoms with Crippen molar-refractivity contribution in [2.75, 3.05) is 6.79 Å². The summed E-state index contributed by atoms with van der Waals surface area (Å²) in [6.45, 7) is 1.97. The van der Waals surface area contributed by atoms with E-state index in [0.29, 0.717) is 21.5 Å². The number of hydrogen-bond donors (Lipinski definition) is 0. The molecular formula is C9H8BrClO4S. The fourth-order valence-corrected chi connectivity index (χ4v) is 3.11. The zero-order valence-electron chi connectivity index (χ0n) is 8.29. The second kappa shape index (κ2) is 4.09. The second-order valence-corrected chi connectivity index (χ2v) is 6.96. The van der Waals surface area contributed by atoms with Crippen LogP contribution < -0.4 is 9.47 Å². The highest BCUT2D eigenvalue weighted by atomic mass is 79.9. The van der Waals surface area contributed by atoms with Crippen LogP contribution in [-0.2, 0) is 14.8 Å². The quantitative estimate of drug-likeness (QED) is 0.783. The van der Waals surface area contributed by atoms with Gasteiger partial charge in [-0.1, -0.05) is 15.9 Å². The monoisotopic (exact) mass is 326 g/mol. The maximum atomic E-state index is 11.0. The second-order valence-electron chi connectivity index (χ2n) is 3.39. The molecule has 2 rings (SSSR count). The van der Waals surface area contributed by atoms with Gasteiger partial charge in [-0.3, -0.25) is 0 Å². The van der Waals surface area contributed by atoms with Crippen molar-refractivity contribution >= 4 is 35.7 Å². The van der Waals surface area contributed by atoms with E-state index in [0.717, 1.165) is 5.56 Å². The van der Waals surface area contributed by atoms with Gasteiger partial charge in [-0.05, 0) is 18.6 Å². The Morgan fingerprint density at radius 2 is 2.19 bits per heavy atom. The Hall–Kier alpha value is -0.460. The van der Waals surface area contributed by atoms with Crippen LogP contribution in [-0.4, -0.2) is 15.2 Å². The molecule has 0 atom stereocenters. The Kier molecular flexibility index (Phi) is 3.07. The number of rotatable bonds is 2. The maximum Gasteiger partial charge on any atom is 0.236 e. The SMILES string of the molecule is Cc1c(Br)c(CS(=O)(=O)Cl)cc2c1OCO2. The molecule has 1 heterocycles. The molecule has 1 aromatic carbocycles. The number of fused-ring (bicyclic) bond motifs is 1. The Balaban J connectivity index is 2.52. The third-order valence-corrected chi connectivity index (χ3v) is 4.31. The largest absolute Gasteiger partial charge is 0.454 e. The minimum absolute atomic E-state index is 0.152. The van der Waals surface area contributed by atoms with Gasteiger partial charge in [0.25, 0.3) is 0 Å². The molecule has 0 N–H and O–H groups in total. The van der Waals surface area contributed by atoms with Crippen LogP contribution >= 0.6 is 26.6 Å². The average molecular weight is 328 g/mol. The van der Waals surface area contributed by atoms with E-state index in [-0.39, 0.29) is 12.5 Å². The highest BCUT2D eigenvalue weighted by Crippen LogP contribution is 2.41. The van der Waals surface area contributed by atoms with Crippen LogP contribution in [0.4, 0.5) is 0 Å². The molecule has 0 bridgehead atoms. The fourth-order valence-electron chi connectivity index (χ4n) is 1.54. The molecular weight excluding hydrogens is 320 g/mol. The molecule has 88 valence electrons. The van der Waals surface area contributed by atoms with Gasteiger partial charge in [0.1, 0.15) is 0 Å². The van der Waals surface area contributed by atoms with Crippen LogP contribution in [0.15, 0.2) is 10.5 Å². The van der Waals surface area contributed by atoms with Gasteiger partial charge in [0.05, 0.1) is 5.75 Å². The Labute approximate surface area is 106 Å². The van der Waals surface area contributed by atoms with Gasteiger partial charge >= 0.3 is 0 Å². The molecule has 0 amide bonds. The molecule has 4 nitrogen and oxygen atoms in total. The lowest BCUT2D eigenvalue weighted by atomic mass is 10.1. The van der Waals surface area contributed by atoms with Crippen molar-refractivity contribution in [1.82, 2.24) is 0 Å². The predicted molar refractivity (Wildman–Crippen MR) is 63.5 cm³/mol. The van der Waals surface area contributed by atoms with Crippen molar-refractivity contribution in [3.8, 4) is 11.5 Å². The molecule has 0 aliphatic carbocycles. The third-order valence-electron chi connectivity index (χ3n) is 2.23. The lowest BCUT2D eigenvalue weighted by molar-refractivity contribution is 0.173. The number of hydrogen-bond acceptors (Lipinski definition) is 4. The van der Waals surface area contributed by atoms with E-state index in [9.17, 15) is 8.42 Å². The Bertz CT molecular complexity index is 541. The summed E-state index contributed by atoms with van der Waals surface area (Å²) in [4.78, 5) is 0. The molecule has 0 unspecified atom stereocenters. The molecule has 0 aromatic heterocycles. The first-order chi connectivity index (χ1) is 7.38. The smallest absolute Gasteiger partial charge is 0.236 e. The van der Waals surface area contributed by atoms with Gasteiger partial charge in [0.15, 0.2) is 11.5 Å². The highest BCUT2D eigenvalue weighted by molar-refractivity contribution is 9.10. The molecule has 7 heteroatoms. The van der Waals surface area contributed by atoms with Crippen molar-refractivity contribution in [2.24, 2.45) is 0 Å². The third kappa shape index (κ3) is 2.28. The van der Waals surface area contributed by atoms with Crippen molar-refractivity contribution in [3.63, 3.8) is 0 Å². The van der Waals surface area contributed by atoms with Gasteiger partial charge in [-0.15, -0.1) is 0 Å². The predicted octanol–water partition coefficient (Wildman–Crippen LogP) is 2.55. The van der Waals surface area contributed by atoms with Crippen LogP contribution in [0.25, 0.3) is 0 Å². The van der Waals surface area contributed by atoms with Crippen LogP contribution in [0, 0.1) is 6.92 Å². The van der Waals surface area contributed by atoms with Crippen molar-refractivity contribution in [3.05, 3.63) is 21.7 Å². The maximum absolute atomic E-state index is 11.0. The molecule has 0 fully saturated rings. The fraction of sp³-hybridized carbons (Fsp3) is 0.333. The average Bonchev–Trinajstić information content (AvgIpc) is 2.59. The number of benzene rings is 1. The topological polar surface area (TPSA) is 52.6 Å². The molecule has 0 saturated heterocycles. The first kappa shape index (κ1) is 12.0. The van der Waals surface area contributed by atoms with Gasteiger partial charge in [0, 0.05) is 20.7 Å². The van der Waals surface area contributed by atoms with Gasteiger partial charge in [-0.2, -0.15) is 0 Å². The minimum atomic E-state index is -3.59. The summed E-state index contributed by atoms with van der Waals surface area (Å²) in [7, 11) is 1.63. The first-order valence-corrected chi connectivity index (χ1v) is 7.65. The van der Waals surface area contributed by atoms with Crippen LogP contribution in [0.1, 0.15) is 11.1 Å². The highest BCUT2D eigenvalue weighted by Gasteiger charge is 2.22. The van der Waals surface area contributed by atoms with E-state index >= 15 is 0 Å². The normalized spacial score (nSPS) is 14.2. The van der Waals surface area contributed by atoms with Crippen LogP contribution in [0.3, 0.4) is 0 Å². The van der Waals surface area contributed by atoms with E-state index in [1.54, 1.807) is 6.07 Å². The first-order valence-electron chi connectivity index (χ1n) is 4.38. The lowest BCUT2D eigenvalue weighted by Crippen LogP contribution is -1.98. The summed E-state index contributed by atoms with van der Waals surface area (Å²) in [6, 6.07) is 1.62. The molecule has 1 aromatic rings. The lowest BCUT2D eigenvalue weighted by Gasteiger charge is -2.08. The van der Waals surface area contributed by atoms with Crippen LogP contribution in [0.2, 0.25) is 0 Å². The van der Waals surface area contributed by atoms with Crippen molar-refractivity contribution in [2.45, 2.75) is 12.7 Å². The van der Waals surface area contributed by atoms with E-state index in [1.807, 2.05) is 6.92 Å². The summed E-state index contributed by atoms with van der Waals surface area (Å²) < 4.78 is 33.2. The van der Waals surface area contributed by atoms with Crippen molar-refractivity contribution < 1.29 is 17.9 Å². The van der Waals surface area contributed by atoms with Gasteiger partial charge in [0.2, 0.25) is 15.8 Å². The van der Waals surface area contributed by atoms with Crippen molar-refractivity contribution in [1.29, 1.82) is 0 Å². The summed E-state index contributed by atoms with van der Waals surface area (Å²) >= 11 is 3.33.